The van der Waals surface area contributed by atoms with Gasteiger partial charge in [0.1, 0.15) is 38.8 Å². The Morgan fingerprint density at radius 3 is 0.739 bits per heavy atom. The van der Waals surface area contributed by atoms with Crippen molar-refractivity contribution in [2.24, 2.45) is 47.3 Å². The summed E-state index contributed by atoms with van der Waals surface area (Å²) in [6.45, 7) is 36.0. The Hall–Kier alpha value is -8.05. The van der Waals surface area contributed by atoms with Gasteiger partial charge in [0, 0.05) is 103 Å². The minimum Gasteiger partial charge on any atom is -0.297 e. The molecule has 17 unspecified atom stereocenters. The Morgan fingerprint density at radius 2 is 0.457 bits per heavy atom. The van der Waals surface area contributed by atoms with Gasteiger partial charge >= 0.3 is 0 Å². The average Bonchev–Trinajstić information content (AvgIpc) is 1.20. The number of carbonyl (C=O) groups is 7. The van der Waals surface area contributed by atoms with Gasteiger partial charge < -0.3 is 0 Å². The van der Waals surface area contributed by atoms with Crippen LogP contribution in [0.1, 0.15) is 339 Å². The molecule has 0 amide bonds. The van der Waals surface area contributed by atoms with Crippen LogP contribution in [0, 0.1) is 47.3 Å². The molecule has 7 aromatic rings. The average molecular weight is 1870 g/mol. The van der Waals surface area contributed by atoms with E-state index < -0.39 is 0 Å². The first-order valence-corrected chi connectivity index (χ1v) is 55.3. The lowest BCUT2D eigenvalue weighted by molar-refractivity contribution is -0.138. The van der Waals surface area contributed by atoms with E-state index in [2.05, 4.69) is 273 Å². The van der Waals surface area contributed by atoms with Crippen molar-refractivity contribution >= 4 is 40.5 Å². The molecule has 14 nitrogen and oxygen atoms in total. The Morgan fingerprint density at radius 1 is 0.203 bits per heavy atom. The SMILES string of the molecule is CC1CC(C)CN(C2(c3ccccc3)CCCCC2=O)C1.CC1CCCN1C1(c2ccccc2)CCCCC1=O.CC1CCN(C2(c3ccccc3)CCCCC2=O)C1.CC1CCN(C2(c3ccccc3)CCCCC2=O)C1C.CC1CCN(C2(c3ccccc3)CCCCC2=O)CC1C.CC1CN(C2(c3ccccc3)CCCCC2=O)CC1C.O=C1CCCCC1(c1ccccc1)N1CCCC1. The molecule has 0 bridgehead atoms. The zero-order valence-corrected chi connectivity index (χ0v) is 86.4. The maximum atomic E-state index is 13.0. The largest absolute Gasteiger partial charge is 0.297 e. The van der Waals surface area contributed by atoms with Gasteiger partial charge in [-0.25, -0.2) is 0 Å². The summed E-state index contributed by atoms with van der Waals surface area (Å²) >= 11 is 0. The fourth-order valence-corrected chi connectivity index (χ4v) is 28.3. The molecule has 744 valence electrons. The molecule has 17 atom stereocenters. The summed E-state index contributed by atoms with van der Waals surface area (Å²) in [6.07, 6.45) is 37.7. The van der Waals surface area contributed by atoms with E-state index in [9.17, 15) is 33.6 Å². The van der Waals surface area contributed by atoms with Gasteiger partial charge in [0.05, 0.1) is 0 Å². The second-order valence-corrected chi connectivity index (χ2v) is 45.3. The third-order valence-electron chi connectivity index (χ3n) is 36.4. The van der Waals surface area contributed by atoms with Crippen molar-refractivity contribution in [3.05, 3.63) is 251 Å². The van der Waals surface area contributed by atoms with E-state index in [0.29, 0.717) is 88.1 Å². The standard InChI is InChI=1S/2C19H27NO.2C18H25NO.2C17H23NO.C16H21NO/c1-15-11-13-20(14-16(15)2)19(12-7-6-10-18(19)21)17-8-4-3-5-9-17;1-15-12-16(2)14-20(13-15)19(11-7-6-10-18(19)21)17-8-4-3-5-9-17;1-14-11-13-19(15(14)2)18(12-7-6-10-17(18)20)16-8-4-3-5-9-16;1-14-12-19(13-15(14)2)18(11-7-6-10-17(18)20)16-8-4-3-5-9-16;1-14-8-7-13-18(14)17(12-6-5-11-16(17)19)15-9-3-2-4-10-15;1-14-10-12-18(13-14)17(11-6-5-9-16(17)19)15-7-3-2-4-8-15;18-15-10-4-5-11-16(15,17-12-6-7-13-17)14-8-2-1-3-9-14/h2*3-5,8-9,15-16H,6-7,10-14H2,1-2H3;2*3-5,8-9,14-15H,6-7,10-13H2,1-2H3;2-4,9-10,14H,5-8,11-13H2,1H3;2-4,7-8,14H,5-6,9-13H2,1H3;1-3,8-9H,4-7,10-13H2. The zero-order valence-electron chi connectivity index (χ0n) is 86.4. The molecule has 7 aliphatic carbocycles. The Kier molecular flexibility index (Phi) is 36.2. The predicted molar refractivity (Wildman–Crippen MR) is 562 cm³/mol. The van der Waals surface area contributed by atoms with Crippen LogP contribution in [0.15, 0.2) is 212 Å². The number of carbonyl (C=O) groups excluding carboxylic acids is 7. The van der Waals surface area contributed by atoms with Crippen molar-refractivity contribution in [1.82, 2.24) is 34.3 Å². The fourth-order valence-electron chi connectivity index (χ4n) is 28.3. The van der Waals surface area contributed by atoms with E-state index >= 15 is 0 Å². The number of likely N-dealkylation sites (tertiary alicyclic amines) is 7. The van der Waals surface area contributed by atoms with Crippen molar-refractivity contribution in [3.8, 4) is 0 Å². The molecule has 0 radical (unpaired) electrons. The molecular weight excluding hydrogens is 1700 g/mol. The lowest BCUT2D eigenvalue weighted by Gasteiger charge is -2.49. The van der Waals surface area contributed by atoms with Crippen LogP contribution in [0.5, 0.6) is 0 Å². The number of ketones is 7. The van der Waals surface area contributed by atoms with Gasteiger partial charge in [-0.1, -0.05) is 313 Å². The fraction of sp³-hybridized carbons (Fsp3) is 0.605. The van der Waals surface area contributed by atoms with Crippen molar-refractivity contribution in [2.75, 3.05) is 78.5 Å². The van der Waals surface area contributed by atoms with Gasteiger partial charge in [0.2, 0.25) is 0 Å². The molecule has 14 fully saturated rings. The highest BCUT2D eigenvalue weighted by molar-refractivity contribution is 5.94. The van der Waals surface area contributed by atoms with Crippen molar-refractivity contribution in [3.63, 3.8) is 0 Å². The molecule has 7 saturated heterocycles. The van der Waals surface area contributed by atoms with Crippen molar-refractivity contribution in [2.45, 2.75) is 351 Å². The summed E-state index contributed by atoms with van der Waals surface area (Å²) in [5.74, 6) is 8.70. The van der Waals surface area contributed by atoms with Crippen LogP contribution in [0.4, 0.5) is 0 Å². The van der Waals surface area contributed by atoms with E-state index in [-0.39, 0.29) is 38.8 Å². The molecule has 7 aromatic carbocycles. The summed E-state index contributed by atoms with van der Waals surface area (Å²) in [7, 11) is 0. The molecule has 7 saturated carbocycles. The molecule has 0 N–H and O–H groups in total. The molecule has 14 heteroatoms. The van der Waals surface area contributed by atoms with Crippen LogP contribution in [0.3, 0.4) is 0 Å². The zero-order chi connectivity index (χ0) is 97.1. The number of benzene rings is 7. The highest BCUT2D eigenvalue weighted by Gasteiger charge is 2.56. The summed E-state index contributed by atoms with van der Waals surface area (Å²) in [5, 5.41) is 0. The summed E-state index contributed by atoms with van der Waals surface area (Å²) in [4.78, 5) is 107. The Balaban J connectivity index is 0.000000122. The van der Waals surface area contributed by atoms with Gasteiger partial charge in [-0.05, 0) is 274 Å². The first kappa shape index (κ1) is 104. The van der Waals surface area contributed by atoms with Gasteiger partial charge in [-0.15, -0.1) is 0 Å². The number of hydrogen-bond acceptors (Lipinski definition) is 14. The Bertz CT molecular complexity index is 5040. The lowest BCUT2D eigenvalue weighted by atomic mass is 9.72. The number of rotatable bonds is 14. The van der Waals surface area contributed by atoms with Crippen LogP contribution in [0.25, 0.3) is 0 Å². The second-order valence-electron chi connectivity index (χ2n) is 45.3. The molecular formula is C124H171N7O7. The minimum absolute atomic E-state index is 0.296. The van der Waals surface area contributed by atoms with E-state index in [0.717, 1.165) is 232 Å². The summed E-state index contributed by atoms with van der Waals surface area (Å²) < 4.78 is 0. The Labute approximate surface area is 831 Å². The van der Waals surface area contributed by atoms with E-state index in [1.165, 1.54) is 129 Å². The van der Waals surface area contributed by atoms with E-state index in [4.69, 9.17) is 0 Å². The molecule has 7 heterocycles. The van der Waals surface area contributed by atoms with E-state index in [1.54, 1.807) is 0 Å². The van der Waals surface area contributed by atoms with Crippen LogP contribution in [0.2, 0.25) is 0 Å². The molecule has 21 rings (SSSR count). The molecule has 138 heavy (non-hydrogen) atoms. The molecule has 0 spiro atoms. The minimum atomic E-state index is -0.345. The monoisotopic (exact) mass is 1870 g/mol. The topological polar surface area (TPSA) is 142 Å². The van der Waals surface area contributed by atoms with Gasteiger partial charge in [0.25, 0.3) is 0 Å². The quantitative estimate of drug-likeness (QED) is 0.102. The third-order valence-corrected chi connectivity index (χ3v) is 36.4. The second kappa shape index (κ2) is 47.9. The van der Waals surface area contributed by atoms with Crippen LogP contribution < -0.4 is 0 Å². The number of Topliss-reactive ketones (excluding diaryl/α,β-unsaturated/α-hetero) is 7. The smallest absolute Gasteiger partial charge is 0.157 e. The van der Waals surface area contributed by atoms with Gasteiger partial charge in [-0.2, -0.15) is 0 Å². The highest BCUT2D eigenvalue weighted by Crippen LogP contribution is 2.52. The number of nitrogens with zero attached hydrogens (tertiary/aromatic N) is 7. The molecule has 0 aromatic heterocycles. The maximum Gasteiger partial charge on any atom is 0.157 e. The first-order valence-electron chi connectivity index (χ1n) is 55.3. The van der Waals surface area contributed by atoms with Gasteiger partial charge in [-0.3, -0.25) is 67.9 Å². The number of piperidine rings is 2. The van der Waals surface area contributed by atoms with Gasteiger partial charge in [0.15, 0.2) is 40.5 Å². The van der Waals surface area contributed by atoms with Crippen molar-refractivity contribution in [1.29, 1.82) is 0 Å². The third kappa shape index (κ3) is 22.0. The maximum absolute atomic E-state index is 13.0. The first-order chi connectivity index (χ1) is 66.9. The lowest BCUT2D eigenvalue weighted by Crippen LogP contribution is -2.57. The summed E-state index contributed by atoms with van der Waals surface area (Å²) in [5.41, 5.74) is 6.22. The van der Waals surface area contributed by atoms with Crippen LogP contribution >= 0.6 is 0 Å². The number of hydrogen-bond donors (Lipinski definition) is 0. The van der Waals surface area contributed by atoms with Crippen LogP contribution in [-0.4, -0.2) is 165 Å². The normalized spacial score (nSPS) is 33.7. The van der Waals surface area contributed by atoms with Crippen molar-refractivity contribution < 1.29 is 33.6 Å². The highest BCUT2D eigenvalue weighted by atomic mass is 16.2. The molecule has 14 aliphatic rings. The van der Waals surface area contributed by atoms with Crippen LogP contribution in [-0.2, 0) is 72.3 Å². The summed E-state index contributed by atoms with van der Waals surface area (Å²) in [6, 6.07) is 74.4. The molecule has 7 aliphatic heterocycles. The van der Waals surface area contributed by atoms with E-state index in [1.807, 2.05) is 42.5 Å². The predicted octanol–water partition coefficient (Wildman–Crippen LogP) is 25.4.